The highest BCUT2D eigenvalue weighted by atomic mass is 16.3. The molecule has 5 heteroatoms. The number of rotatable bonds is 4. The van der Waals surface area contributed by atoms with E-state index in [0.29, 0.717) is 17.4 Å². The zero-order valence-electron chi connectivity index (χ0n) is 10.3. The number of ketones is 1. The second kappa shape index (κ2) is 4.97. The van der Waals surface area contributed by atoms with Crippen molar-refractivity contribution in [3.05, 3.63) is 46.4 Å². The van der Waals surface area contributed by atoms with E-state index in [1.54, 1.807) is 25.1 Å². The molecule has 2 aromatic rings. The van der Waals surface area contributed by atoms with Crippen LogP contribution in [0.15, 0.2) is 35.5 Å². The highest BCUT2D eigenvalue weighted by molar-refractivity contribution is 6.05. The van der Waals surface area contributed by atoms with E-state index in [2.05, 4.69) is 5.18 Å². The number of benzene rings is 2. The maximum atomic E-state index is 11.6. The Morgan fingerprint density at radius 1 is 1.16 bits per heavy atom. The molecule has 96 valence electrons. The van der Waals surface area contributed by atoms with Crippen molar-refractivity contribution in [3.63, 3.8) is 0 Å². The molecule has 0 spiro atoms. The summed E-state index contributed by atoms with van der Waals surface area (Å²) < 4.78 is 0. The number of hydrogen-bond donors (Lipinski definition) is 1. The van der Waals surface area contributed by atoms with Crippen molar-refractivity contribution < 1.29 is 9.59 Å². The zero-order chi connectivity index (χ0) is 14.0. The maximum absolute atomic E-state index is 11.6. The fraction of sp³-hybridized carbons (Fsp3) is 0.143. The van der Waals surface area contributed by atoms with Gasteiger partial charge in [0.15, 0.2) is 5.78 Å². The number of hydrogen-bond acceptors (Lipinski definition) is 4. The highest BCUT2D eigenvalue weighted by Crippen LogP contribution is 2.27. The van der Waals surface area contributed by atoms with Gasteiger partial charge in [0.2, 0.25) is 0 Å². The summed E-state index contributed by atoms with van der Waals surface area (Å²) in [5.41, 5.74) is 5.84. The molecule has 2 rings (SSSR count). The van der Waals surface area contributed by atoms with Gasteiger partial charge in [0.1, 0.15) is 5.69 Å². The molecule has 1 amide bonds. The van der Waals surface area contributed by atoms with Crippen LogP contribution in [0.25, 0.3) is 10.8 Å². The summed E-state index contributed by atoms with van der Waals surface area (Å²) >= 11 is 0. The normalized spacial score (nSPS) is 10.4. The number of carbonyl (C=O) groups is 2. The van der Waals surface area contributed by atoms with Gasteiger partial charge in [-0.3, -0.25) is 9.59 Å². The van der Waals surface area contributed by atoms with Crippen LogP contribution in [0, 0.1) is 4.91 Å². The van der Waals surface area contributed by atoms with Crippen molar-refractivity contribution >= 4 is 28.2 Å². The molecule has 0 aromatic heterocycles. The van der Waals surface area contributed by atoms with Gasteiger partial charge in [0.25, 0.3) is 5.91 Å². The molecule has 0 bridgehead atoms. The van der Waals surface area contributed by atoms with Crippen molar-refractivity contribution in [1.29, 1.82) is 0 Å². The van der Waals surface area contributed by atoms with E-state index in [4.69, 9.17) is 5.73 Å². The van der Waals surface area contributed by atoms with Gasteiger partial charge in [0, 0.05) is 12.0 Å². The molecule has 0 aliphatic rings. The summed E-state index contributed by atoms with van der Waals surface area (Å²) in [6.07, 6.45) is 0.405. The van der Waals surface area contributed by atoms with E-state index in [1.807, 2.05) is 0 Å². The largest absolute Gasteiger partial charge is 0.366 e. The first-order valence-electron chi connectivity index (χ1n) is 5.81. The van der Waals surface area contributed by atoms with Crippen molar-refractivity contribution in [2.24, 2.45) is 10.9 Å². The molecule has 0 fully saturated rings. The number of Topliss-reactive ketones (excluding diaryl/α,β-unsaturated/α-hetero) is 1. The predicted octanol–water partition coefficient (Wildman–Crippen LogP) is 2.93. The van der Waals surface area contributed by atoms with Crippen LogP contribution in [-0.2, 0) is 0 Å². The minimum atomic E-state index is -0.719. The molecule has 0 radical (unpaired) electrons. The molecule has 0 unspecified atom stereocenters. The maximum Gasteiger partial charge on any atom is 0.251 e. The van der Waals surface area contributed by atoms with Crippen LogP contribution in [0.1, 0.15) is 34.1 Å². The van der Waals surface area contributed by atoms with Gasteiger partial charge in [-0.2, -0.15) is 0 Å². The van der Waals surface area contributed by atoms with Crippen LogP contribution in [-0.4, -0.2) is 11.7 Å². The Balaban J connectivity index is 2.69. The Morgan fingerprint density at radius 2 is 1.89 bits per heavy atom. The molecular formula is C14H12N2O3. The van der Waals surface area contributed by atoms with Gasteiger partial charge in [-0.1, -0.05) is 19.1 Å². The monoisotopic (exact) mass is 256 g/mol. The van der Waals surface area contributed by atoms with Crippen molar-refractivity contribution in [3.8, 4) is 0 Å². The third-order valence-corrected chi connectivity index (χ3v) is 2.96. The van der Waals surface area contributed by atoms with Gasteiger partial charge < -0.3 is 5.73 Å². The van der Waals surface area contributed by atoms with Crippen LogP contribution in [0.3, 0.4) is 0 Å². The lowest BCUT2D eigenvalue weighted by molar-refractivity contribution is 0.0984. The number of nitrogens with zero attached hydrogens (tertiary/aromatic N) is 1. The summed E-state index contributed by atoms with van der Waals surface area (Å²) in [7, 11) is 0. The average molecular weight is 256 g/mol. The SMILES string of the molecule is CCC(=O)c1ccc2cc(N=O)c(C(N)=O)cc2c1. The quantitative estimate of drug-likeness (QED) is 0.673. The van der Waals surface area contributed by atoms with Gasteiger partial charge in [-0.25, -0.2) is 0 Å². The smallest absolute Gasteiger partial charge is 0.251 e. The zero-order valence-corrected chi connectivity index (χ0v) is 10.3. The first-order chi connectivity index (χ1) is 9.06. The Hall–Kier alpha value is -2.56. The second-order valence-electron chi connectivity index (χ2n) is 4.16. The molecule has 5 nitrogen and oxygen atoms in total. The van der Waals surface area contributed by atoms with Crippen LogP contribution in [0.2, 0.25) is 0 Å². The van der Waals surface area contributed by atoms with E-state index in [1.165, 1.54) is 12.1 Å². The fourth-order valence-electron chi connectivity index (χ4n) is 1.94. The van der Waals surface area contributed by atoms with Crippen LogP contribution in [0.5, 0.6) is 0 Å². The minimum Gasteiger partial charge on any atom is -0.366 e. The molecule has 0 atom stereocenters. The Bertz CT molecular complexity index is 692. The standard InChI is InChI=1S/C14H12N2O3/c1-2-13(17)9-4-3-8-7-12(16-19)11(14(15)18)6-10(8)5-9/h3-7H,2H2,1H3,(H2,15,18). The first kappa shape index (κ1) is 12.9. The van der Waals surface area contributed by atoms with E-state index in [9.17, 15) is 14.5 Å². The Morgan fingerprint density at radius 3 is 2.47 bits per heavy atom. The van der Waals surface area contributed by atoms with Gasteiger partial charge in [0.05, 0.1) is 5.56 Å². The van der Waals surface area contributed by atoms with Crippen molar-refractivity contribution in [2.45, 2.75) is 13.3 Å². The third kappa shape index (κ3) is 2.35. The fourth-order valence-corrected chi connectivity index (χ4v) is 1.94. The minimum absolute atomic E-state index is 0.00886. The molecule has 2 aromatic carbocycles. The molecular weight excluding hydrogens is 244 g/mol. The number of carbonyl (C=O) groups excluding carboxylic acids is 2. The van der Waals surface area contributed by atoms with Gasteiger partial charge >= 0.3 is 0 Å². The number of primary amides is 1. The first-order valence-corrected chi connectivity index (χ1v) is 5.81. The van der Waals surface area contributed by atoms with Gasteiger partial charge in [-0.05, 0) is 34.1 Å². The summed E-state index contributed by atoms with van der Waals surface area (Å²) in [6.45, 7) is 1.78. The molecule has 0 saturated carbocycles. The summed E-state index contributed by atoms with van der Waals surface area (Å²) in [5, 5.41) is 4.21. The van der Waals surface area contributed by atoms with Crippen LogP contribution >= 0.6 is 0 Å². The van der Waals surface area contributed by atoms with Crippen LogP contribution < -0.4 is 5.73 Å². The Kier molecular flexibility index (Phi) is 3.37. The third-order valence-electron chi connectivity index (χ3n) is 2.96. The number of fused-ring (bicyclic) bond motifs is 1. The molecule has 19 heavy (non-hydrogen) atoms. The number of nitrogens with two attached hydrogens (primary N) is 1. The lowest BCUT2D eigenvalue weighted by Gasteiger charge is -2.05. The van der Waals surface area contributed by atoms with E-state index in [0.717, 1.165) is 5.39 Å². The van der Waals surface area contributed by atoms with Gasteiger partial charge in [-0.15, -0.1) is 4.91 Å². The predicted molar refractivity (Wildman–Crippen MR) is 72.5 cm³/mol. The van der Waals surface area contributed by atoms with E-state index in [-0.39, 0.29) is 17.0 Å². The molecule has 0 heterocycles. The van der Waals surface area contributed by atoms with Crippen LogP contribution in [0.4, 0.5) is 5.69 Å². The lowest BCUT2D eigenvalue weighted by Crippen LogP contribution is -2.11. The highest BCUT2D eigenvalue weighted by Gasteiger charge is 2.12. The Labute approximate surface area is 109 Å². The van der Waals surface area contributed by atoms with E-state index < -0.39 is 5.91 Å². The molecule has 0 saturated heterocycles. The molecule has 0 aliphatic carbocycles. The number of nitroso groups, excluding NO2 is 1. The average Bonchev–Trinajstić information content (AvgIpc) is 2.44. The number of amides is 1. The summed E-state index contributed by atoms with van der Waals surface area (Å²) in [4.78, 5) is 33.6. The van der Waals surface area contributed by atoms with Crippen molar-refractivity contribution in [1.82, 2.24) is 0 Å². The molecule has 0 aliphatic heterocycles. The lowest BCUT2D eigenvalue weighted by atomic mass is 10.00. The summed E-state index contributed by atoms with van der Waals surface area (Å²) in [6, 6.07) is 8.07. The molecule has 2 N–H and O–H groups in total. The van der Waals surface area contributed by atoms with E-state index >= 15 is 0 Å². The topological polar surface area (TPSA) is 89.6 Å². The van der Waals surface area contributed by atoms with Crippen molar-refractivity contribution in [2.75, 3.05) is 0 Å². The summed E-state index contributed by atoms with van der Waals surface area (Å²) in [5.74, 6) is -0.705. The second-order valence-corrected chi connectivity index (χ2v) is 4.16.